The second kappa shape index (κ2) is 11.5. The molecule has 3 aromatic rings. The number of rotatable bonds is 9. The van der Waals surface area contributed by atoms with Crippen LogP contribution in [0.25, 0.3) is 0 Å². The zero-order chi connectivity index (χ0) is 29.0. The van der Waals surface area contributed by atoms with Crippen molar-refractivity contribution in [1.82, 2.24) is 4.72 Å². The summed E-state index contributed by atoms with van der Waals surface area (Å²) in [6, 6.07) is 10.6. The van der Waals surface area contributed by atoms with Gasteiger partial charge in [-0.2, -0.15) is 31.1 Å². The molecule has 0 fully saturated rings. The van der Waals surface area contributed by atoms with Gasteiger partial charge in [-0.15, -0.1) is 0 Å². The average molecular weight is 577 g/mol. The van der Waals surface area contributed by atoms with Gasteiger partial charge in [-0.1, -0.05) is 30.3 Å². The molecule has 1 amide bonds. The van der Waals surface area contributed by atoms with Crippen LogP contribution in [0.5, 0.6) is 11.5 Å². The summed E-state index contributed by atoms with van der Waals surface area (Å²) in [5.41, 5.74) is -3.63. The minimum atomic E-state index is -5.14. The van der Waals surface area contributed by atoms with E-state index in [0.29, 0.717) is 17.7 Å². The minimum Gasteiger partial charge on any atom is -0.493 e. The molecule has 0 unspecified atom stereocenters. The Hall–Kier alpha value is -3.78. The Kier molecular flexibility index (Phi) is 8.80. The second-order valence-corrected chi connectivity index (χ2v) is 9.88. The first-order valence-electron chi connectivity index (χ1n) is 11.0. The topological polar surface area (TPSA) is 93.7 Å². The maximum absolute atomic E-state index is 13.3. The maximum atomic E-state index is 13.3. The van der Waals surface area contributed by atoms with Crippen molar-refractivity contribution in [3.63, 3.8) is 0 Å². The molecule has 0 aliphatic rings. The van der Waals surface area contributed by atoms with Crippen LogP contribution in [0.2, 0.25) is 0 Å². The fourth-order valence-corrected chi connectivity index (χ4v) is 4.74. The van der Waals surface area contributed by atoms with Gasteiger partial charge in [0, 0.05) is 11.8 Å². The lowest BCUT2D eigenvalue weighted by Crippen LogP contribution is -2.45. The van der Waals surface area contributed by atoms with E-state index in [1.807, 2.05) is 5.32 Å². The Bertz CT molecular complexity index is 1390. The van der Waals surface area contributed by atoms with Crippen LogP contribution in [0.3, 0.4) is 0 Å². The van der Waals surface area contributed by atoms with Crippen LogP contribution < -0.4 is 19.5 Å². The van der Waals surface area contributed by atoms with Crippen LogP contribution in [0.1, 0.15) is 16.7 Å². The number of benzene rings is 3. The normalized spacial score (nSPS) is 13.0. The molecule has 0 aromatic heterocycles. The number of alkyl halides is 6. The summed E-state index contributed by atoms with van der Waals surface area (Å²) in [7, 11) is -1.83. The highest BCUT2D eigenvalue weighted by molar-refractivity contribution is 7.89. The van der Waals surface area contributed by atoms with E-state index < -0.39 is 51.1 Å². The molecule has 0 saturated heterocycles. The molecule has 0 bridgehead atoms. The Balaban J connectivity index is 1.99. The van der Waals surface area contributed by atoms with Crippen molar-refractivity contribution in [3.05, 3.63) is 83.4 Å². The molecule has 0 heterocycles. The zero-order valence-electron chi connectivity index (χ0n) is 20.4. The third-order valence-electron chi connectivity index (χ3n) is 5.42. The van der Waals surface area contributed by atoms with Crippen molar-refractivity contribution in [3.8, 4) is 11.5 Å². The van der Waals surface area contributed by atoms with Gasteiger partial charge in [-0.3, -0.25) is 4.79 Å². The lowest BCUT2D eigenvalue weighted by molar-refractivity contribution is -0.143. The van der Waals surface area contributed by atoms with E-state index in [2.05, 4.69) is 4.72 Å². The molecule has 39 heavy (non-hydrogen) atoms. The van der Waals surface area contributed by atoms with Crippen LogP contribution in [0, 0.1) is 0 Å². The summed E-state index contributed by atoms with van der Waals surface area (Å²) in [6.45, 7) is 0. The summed E-state index contributed by atoms with van der Waals surface area (Å²) < 4.78 is 118. The quantitative estimate of drug-likeness (QED) is 0.339. The van der Waals surface area contributed by atoms with Crippen LogP contribution in [0.4, 0.5) is 32.0 Å². The first-order valence-corrected chi connectivity index (χ1v) is 12.5. The van der Waals surface area contributed by atoms with Gasteiger partial charge in [-0.25, -0.2) is 8.42 Å². The number of anilines is 1. The number of carbonyl (C=O) groups excluding carboxylic acids is 1. The molecule has 7 nitrogen and oxygen atoms in total. The van der Waals surface area contributed by atoms with Crippen LogP contribution in [-0.4, -0.2) is 34.6 Å². The largest absolute Gasteiger partial charge is 0.493 e. The summed E-state index contributed by atoms with van der Waals surface area (Å²) in [4.78, 5) is 12.8. The van der Waals surface area contributed by atoms with Crippen molar-refractivity contribution in [2.45, 2.75) is 29.7 Å². The molecule has 2 N–H and O–H groups in total. The maximum Gasteiger partial charge on any atom is 0.416 e. The van der Waals surface area contributed by atoms with Crippen molar-refractivity contribution < 1.29 is 49.0 Å². The van der Waals surface area contributed by atoms with Gasteiger partial charge in [0.2, 0.25) is 15.9 Å². The van der Waals surface area contributed by atoms with E-state index in [4.69, 9.17) is 9.47 Å². The van der Waals surface area contributed by atoms with Crippen LogP contribution in [0.15, 0.2) is 71.6 Å². The van der Waals surface area contributed by atoms with E-state index in [0.717, 1.165) is 6.07 Å². The summed E-state index contributed by atoms with van der Waals surface area (Å²) in [5, 5.41) is 1.99. The van der Waals surface area contributed by atoms with Crippen molar-refractivity contribution in [1.29, 1.82) is 0 Å². The molecule has 210 valence electrons. The Labute approximate surface area is 219 Å². The fourth-order valence-electron chi connectivity index (χ4n) is 3.53. The third kappa shape index (κ3) is 7.63. The van der Waals surface area contributed by atoms with Gasteiger partial charge in [-0.05, 0) is 42.3 Å². The highest BCUT2D eigenvalue weighted by Crippen LogP contribution is 2.37. The number of amides is 1. The highest BCUT2D eigenvalue weighted by atomic mass is 32.2. The Morgan fingerprint density at radius 1 is 0.821 bits per heavy atom. The monoisotopic (exact) mass is 576 g/mol. The van der Waals surface area contributed by atoms with E-state index in [9.17, 15) is 39.6 Å². The number of hydrogen-bond donors (Lipinski definition) is 2. The summed E-state index contributed by atoms with van der Waals surface area (Å²) in [5.74, 6) is -0.900. The summed E-state index contributed by atoms with van der Waals surface area (Å²) >= 11 is 0. The molecule has 0 spiro atoms. The number of carbonyl (C=O) groups is 1. The second-order valence-electron chi connectivity index (χ2n) is 8.16. The molecular weight excluding hydrogens is 554 g/mol. The van der Waals surface area contributed by atoms with Crippen molar-refractivity contribution >= 4 is 21.6 Å². The lowest BCUT2D eigenvalue weighted by atomic mass is 10.1. The van der Waals surface area contributed by atoms with Gasteiger partial charge in [0.05, 0.1) is 30.2 Å². The number of nitrogens with one attached hydrogen (secondary N) is 2. The SMILES string of the molecule is COc1ccc(S(=O)(=O)N[C@H](Cc2ccccc2)C(=O)Nc2cc(C(F)(F)F)cc(C(F)(F)F)c2)cc1OC. The smallest absolute Gasteiger partial charge is 0.416 e. The minimum absolute atomic E-state index is 0.0630. The number of halogens is 6. The predicted molar refractivity (Wildman–Crippen MR) is 129 cm³/mol. The van der Waals surface area contributed by atoms with Gasteiger partial charge in [0.15, 0.2) is 11.5 Å². The Morgan fingerprint density at radius 2 is 1.38 bits per heavy atom. The van der Waals surface area contributed by atoms with E-state index in [1.165, 1.54) is 26.4 Å². The Morgan fingerprint density at radius 3 is 1.90 bits per heavy atom. The predicted octanol–water partition coefficient (Wildman–Crippen LogP) is 5.27. The average Bonchev–Trinajstić information content (AvgIpc) is 2.87. The number of ether oxygens (including phenoxy) is 2. The van der Waals surface area contributed by atoms with Gasteiger partial charge in [0.1, 0.15) is 6.04 Å². The van der Waals surface area contributed by atoms with E-state index >= 15 is 0 Å². The molecular formula is C25H22F6N2O5S. The van der Waals surface area contributed by atoms with Gasteiger partial charge in [0.25, 0.3) is 0 Å². The first-order chi connectivity index (χ1) is 18.1. The van der Waals surface area contributed by atoms with Crippen molar-refractivity contribution in [2.24, 2.45) is 0 Å². The van der Waals surface area contributed by atoms with Crippen LogP contribution in [-0.2, 0) is 33.6 Å². The molecule has 0 saturated carbocycles. The van der Waals surface area contributed by atoms with E-state index in [1.54, 1.807) is 30.3 Å². The zero-order valence-corrected chi connectivity index (χ0v) is 21.2. The first kappa shape index (κ1) is 29.8. The number of sulfonamides is 1. The summed E-state index contributed by atoms with van der Waals surface area (Å²) in [6.07, 6.45) is -10.6. The fraction of sp³-hybridized carbons (Fsp3) is 0.240. The van der Waals surface area contributed by atoms with Crippen LogP contribution >= 0.6 is 0 Å². The standard InChI is InChI=1S/C25H22F6N2O5S/c1-37-21-9-8-19(14-22(21)38-2)39(35,36)33-20(10-15-6-4-3-5-7-15)23(34)32-18-12-16(24(26,27)28)11-17(13-18)25(29,30)31/h3-9,11-14,20,33H,10H2,1-2H3,(H,32,34)/t20-/m1/s1. The molecule has 14 heteroatoms. The molecule has 1 atom stereocenters. The molecule has 0 aliphatic carbocycles. The van der Waals surface area contributed by atoms with Crippen molar-refractivity contribution in [2.75, 3.05) is 19.5 Å². The van der Waals surface area contributed by atoms with Gasteiger partial charge < -0.3 is 14.8 Å². The molecule has 0 aliphatic heterocycles. The molecule has 3 rings (SSSR count). The number of hydrogen-bond acceptors (Lipinski definition) is 5. The van der Waals surface area contributed by atoms with E-state index in [-0.39, 0.29) is 28.9 Å². The number of methoxy groups -OCH3 is 2. The molecule has 3 aromatic carbocycles. The van der Waals surface area contributed by atoms with Gasteiger partial charge >= 0.3 is 12.4 Å². The third-order valence-corrected chi connectivity index (χ3v) is 6.89. The highest BCUT2D eigenvalue weighted by Gasteiger charge is 2.37. The lowest BCUT2D eigenvalue weighted by Gasteiger charge is -2.20. The molecule has 0 radical (unpaired) electrons.